The van der Waals surface area contributed by atoms with Crippen LogP contribution in [-0.4, -0.2) is 19.7 Å². The van der Waals surface area contributed by atoms with Crippen LogP contribution in [0.25, 0.3) is 23.0 Å². The predicted molar refractivity (Wildman–Crippen MR) is 99.9 cm³/mol. The zero-order valence-corrected chi connectivity index (χ0v) is 15.8. The third-order valence-corrected chi connectivity index (χ3v) is 5.08. The van der Waals surface area contributed by atoms with Crippen LogP contribution in [0.3, 0.4) is 0 Å². The van der Waals surface area contributed by atoms with Gasteiger partial charge in [-0.3, -0.25) is 0 Å². The van der Waals surface area contributed by atoms with Crippen LogP contribution < -0.4 is 0 Å². The number of ether oxygens (including phenoxy) is 1. The maximum Gasteiger partial charge on any atom is 0.416 e. The van der Waals surface area contributed by atoms with Gasteiger partial charge in [0.05, 0.1) is 30.7 Å². The summed E-state index contributed by atoms with van der Waals surface area (Å²) in [7, 11) is 0. The van der Waals surface area contributed by atoms with Gasteiger partial charge in [0.25, 0.3) is 5.89 Å². The summed E-state index contributed by atoms with van der Waals surface area (Å²) >= 11 is 0. The minimum Gasteiger partial charge on any atom is -0.365 e. The first kappa shape index (κ1) is 19.4. The Morgan fingerprint density at radius 2 is 1.81 bits per heavy atom. The fourth-order valence-electron chi connectivity index (χ4n) is 3.48. The van der Waals surface area contributed by atoms with E-state index in [1.165, 1.54) is 18.2 Å². The van der Waals surface area contributed by atoms with Gasteiger partial charge in [-0.25, -0.2) is 9.37 Å². The Bertz CT molecular complexity index is 1230. The van der Waals surface area contributed by atoms with Crippen LogP contribution in [0.4, 0.5) is 17.6 Å². The highest BCUT2D eigenvalue weighted by Gasteiger charge is 2.31. The maximum absolute atomic E-state index is 14.1. The number of imidazole rings is 1. The van der Waals surface area contributed by atoms with Crippen molar-refractivity contribution in [3.63, 3.8) is 0 Å². The Hall–Kier alpha value is -3.53. The monoisotopic (exact) mass is 430 g/mol. The highest BCUT2D eigenvalue weighted by atomic mass is 19.4. The summed E-state index contributed by atoms with van der Waals surface area (Å²) in [5.74, 6) is -0.0719. The van der Waals surface area contributed by atoms with Gasteiger partial charge in [0.2, 0.25) is 5.82 Å². The van der Waals surface area contributed by atoms with Crippen LogP contribution in [0.2, 0.25) is 0 Å². The summed E-state index contributed by atoms with van der Waals surface area (Å²) in [6.45, 7) is 0.523. The summed E-state index contributed by atoms with van der Waals surface area (Å²) < 4.78 is 65.2. The van der Waals surface area contributed by atoms with Gasteiger partial charge in [0.1, 0.15) is 11.9 Å². The predicted octanol–water partition coefficient (Wildman–Crippen LogP) is 5.03. The molecule has 0 aliphatic carbocycles. The highest BCUT2D eigenvalue weighted by molar-refractivity contribution is 5.59. The van der Waals surface area contributed by atoms with Crippen LogP contribution in [0, 0.1) is 5.82 Å². The molecule has 0 saturated carbocycles. The molecule has 0 unspecified atom stereocenters. The van der Waals surface area contributed by atoms with Gasteiger partial charge in [0.15, 0.2) is 5.69 Å². The van der Waals surface area contributed by atoms with Crippen molar-refractivity contribution >= 4 is 0 Å². The van der Waals surface area contributed by atoms with E-state index in [0.717, 1.165) is 12.1 Å². The first-order chi connectivity index (χ1) is 14.9. The molecule has 2 aromatic heterocycles. The standard InChI is InChI=1S/C21H14F4N4O2/c22-15-4-2-1-3-14(15)17-9-29-11-26-18(16(29)10-30-17)20-27-19(28-31-20)12-5-7-13(8-6-12)21(23,24)25/h1-8,11,17H,9-10H2/t17-/m1/s1. The first-order valence-electron chi connectivity index (χ1n) is 9.32. The normalized spacial score (nSPS) is 16.3. The van der Waals surface area contributed by atoms with E-state index in [1.807, 2.05) is 4.57 Å². The van der Waals surface area contributed by atoms with E-state index in [2.05, 4.69) is 15.1 Å². The van der Waals surface area contributed by atoms with Crippen molar-refractivity contribution in [1.29, 1.82) is 0 Å². The Morgan fingerprint density at radius 1 is 1.03 bits per heavy atom. The van der Waals surface area contributed by atoms with Crippen LogP contribution in [-0.2, 0) is 24.1 Å². The molecule has 31 heavy (non-hydrogen) atoms. The number of hydrogen-bond acceptors (Lipinski definition) is 5. The van der Waals surface area contributed by atoms with E-state index in [-0.39, 0.29) is 24.1 Å². The molecule has 10 heteroatoms. The minimum absolute atomic E-state index is 0.122. The fraction of sp³-hybridized carbons (Fsp3) is 0.190. The molecular formula is C21H14F4N4O2. The molecule has 3 heterocycles. The lowest BCUT2D eigenvalue weighted by Crippen LogP contribution is -2.21. The molecule has 5 rings (SSSR count). The number of alkyl halides is 3. The molecule has 0 saturated heterocycles. The van der Waals surface area contributed by atoms with E-state index in [1.54, 1.807) is 24.5 Å². The van der Waals surface area contributed by atoms with Gasteiger partial charge < -0.3 is 13.8 Å². The molecule has 158 valence electrons. The van der Waals surface area contributed by atoms with Crippen LogP contribution in [0.1, 0.15) is 22.9 Å². The summed E-state index contributed by atoms with van der Waals surface area (Å²) in [5.41, 5.74) is 1.19. The van der Waals surface area contributed by atoms with Crippen LogP contribution in [0.15, 0.2) is 59.4 Å². The molecule has 0 amide bonds. The Morgan fingerprint density at radius 3 is 2.55 bits per heavy atom. The molecule has 1 aliphatic rings. The quantitative estimate of drug-likeness (QED) is 0.427. The molecule has 6 nitrogen and oxygen atoms in total. The second kappa shape index (κ2) is 7.31. The van der Waals surface area contributed by atoms with Gasteiger partial charge in [-0.05, 0) is 18.2 Å². The van der Waals surface area contributed by atoms with E-state index in [4.69, 9.17) is 9.26 Å². The van der Waals surface area contributed by atoms with Crippen molar-refractivity contribution in [2.24, 2.45) is 0 Å². The minimum atomic E-state index is -4.42. The zero-order chi connectivity index (χ0) is 21.6. The molecule has 0 fully saturated rings. The van der Waals surface area contributed by atoms with Crippen LogP contribution in [0.5, 0.6) is 0 Å². The maximum atomic E-state index is 14.1. The van der Waals surface area contributed by atoms with Crippen molar-refractivity contribution in [2.45, 2.75) is 25.4 Å². The second-order valence-corrected chi connectivity index (χ2v) is 7.01. The summed E-state index contributed by atoms with van der Waals surface area (Å²) in [6, 6.07) is 10.9. The molecule has 1 atom stereocenters. The molecule has 4 aromatic rings. The highest BCUT2D eigenvalue weighted by Crippen LogP contribution is 2.33. The summed E-state index contributed by atoms with van der Waals surface area (Å²) in [5, 5.41) is 3.85. The number of halogens is 4. The molecular weight excluding hydrogens is 416 g/mol. The number of benzene rings is 2. The van der Waals surface area contributed by atoms with E-state index in [9.17, 15) is 17.6 Å². The van der Waals surface area contributed by atoms with Crippen molar-refractivity contribution < 1.29 is 26.8 Å². The summed E-state index contributed by atoms with van der Waals surface area (Å²) in [4.78, 5) is 8.58. The molecule has 0 bridgehead atoms. The van der Waals surface area contributed by atoms with Crippen molar-refractivity contribution in [3.8, 4) is 23.0 Å². The van der Waals surface area contributed by atoms with Gasteiger partial charge in [-0.2, -0.15) is 18.2 Å². The van der Waals surface area contributed by atoms with Crippen LogP contribution >= 0.6 is 0 Å². The number of rotatable bonds is 3. The number of fused-ring (bicyclic) bond motifs is 1. The molecule has 2 aromatic carbocycles. The first-order valence-corrected chi connectivity index (χ1v) is 9.32. The van der Waals surface area contributed by atoms with Gasteiger partial charge in [-0.15, -0.1) is 0 Å². The lowest BCUT2D eigenvalue weighted by atomic mass is 10.1. The average molecular weight is 430 g/mol. The number of aromatic nitrogens is 4. The molecule has 0 spiro atoms. The number of nitrogens with zero attached hydrogens (tertiary/aromatic N) is 4. The van der Waals surface area contributed by atoms with Crippen molar-refractivity contribution in [3.05, 3.63) is 77.5 Å². The lowest BCUT2D eigenvalue weighted by molar-refractivity contribution is -0.137. The lowest BCUT2D eigenvalue weighted by Gasteiger charge is -2.25. The van der Waals surface area contributed by atoms with Gasteiger partial charge in [0, 0.05) is 11.1 Å². The van der Waals surface area contributed by atoms with E-state index in [0.29, 0.717) is 29.1 Å². The topological polar surface area (TPSA) is 66.0 Å². The SMILES string of the molecule is Fc1ccccc1[C@H]1Cn2cnc(-c3nc(-c4ccc(C(F)(F)F)cc4)no3)c2CO1. The molecule has 0 N–H and O–H groups in total. The smallest absolute Gasteiger partial charge is 0.365 e. The van der Waals surface area contributed by atoms with Crippen molar-refractivity contribution in [2.75, 3.05) is 0 Å². The Kier molecular flexibility index (Phi) is 4.58. The average Bonchev–Trinajstić information content (AvgIpc) is 3.40. The summed E-state index contributed by atoms with van der Waals surface area (Å²) in [6.07, 6.45) is -3.29. The number of hydrogen-bond donors (Lipinski definition) is 0. The Labute approximate surface area is 173 Å². The van der Waals surface area contributed by atoms with Crippen molar-refractivity contribution in [1.82, 2.24) is 19.7 Å². The largest absolute Gasteiger partial charge is 0.416 e. The third kappa shape index (κ3) is 3.59. The van der Waals surface area contributed by atoms with Gasteiger partial charge >= 0.3 is 6.18 Å². The fourth-order valence-corrected chi connectivity index (χ4v) is 3.48. The van der Waals surface area contributed by atoms with E-state index < -0.39 is 17.8 Å². The Balaban J connectivity index is 1.39. The van der Waals surface area contributed by atoms with Gasteiger partial charge in [-0.1, -0.05) is 35.5 Å². The zero-order valence-electron chi connectivity index (χ0n) is 15.8. The van der Waals surface area contributed by atoms with E-state index >= 15 is 0 Å². The molecule has 0 radical (unpaired) electrons. The second-order valence-electron chi connectivity index (χ2n) is 7.01. The molecule has 1 aliphatic heterocycles. The third-order valence-electron chi connectivity index (χ3n) is 5.08.